The zero-order valence-corrected chi connectivity index (χ0v) is 18.6. The molecule has 0 bridgehead atoms. The van der Waals surface area contributed by atoms with E-state index in [1.165, 1.54) is 4.90 Å². The highest BCUT2D eigenvalue weighted by Crippen LogP contribution is 2.18. The van der Waals surface area contributed by atoms with Gasteiger partial charge in [-0.25, -0.2) is 4.79 Å². The molecule has 2 N–H and O–H groups in total. The van der Waals surface area contributed by atoms with Crippen LogP contribution in [0, 0.1) is 0 Å². The minimum absolute atomic E-state index is 0.117. The van der Waals surface area contributed by atoms with Crippen LogP contribution in [0.25, 0.3) is 0 Å². The molecule has 0 aliphatic carbocycles. The maximum atomic E-state index is 13.0. The molecule has 2 amide bonds. The second-order valence-electron chi connectivity index (χ2n) is 8.17. The lowest BCUT2D eigenvalue weighted by molar-refractivity contribution is -0.138. The molecule has 0 saturated heterocycles. The smallest absolute Gasteiger partial charge is 0.411 e. The topological polar surface area (TPSA) is 105 Å². The summed E-state index contributed by atoms with van der Waals surface area (Å²) in [5.74, 6) is -1.14. The first-order valence-electron chi connectivity index (χ1n) is 10.4. The molecule has 32 heavy (non-hydrogen) atoms. The Bertz CT molecular complexity index is 880. The molecule has 172 valence electrons. The zero-order valence-electron chi connectivity index (χ0n) is 18.6. The van der Waals surface area contributed by atoms with Gasteiger partial charge in [-0.15, -0.1) is 0 Å². The summed E-state index contributed by atoms with van der Waals surface area (Å²) >= 11 is 0. The van der Waals surface area contributed by atoms with Crippen molar-refractivity contribution in [1.82, 2.24) is 10.2 Å². The maximum absolute atomic E-state index is 13.0. The summed E-state index contributed by atoms with van der Waals surface area (Å²) in [7, 11) is 0. The second kappa shape index (κ2) is 11.7. The Morgan fingerprint density at radius 1 is 1.00 bits per heavy atom. The Morgan fingerprint density at radius 2 is 1.59 bits per heavy atom. The Morgan fingerprint density at radius 3 is 2.16 bits per heavy atom. The van der Waals surface area contributed by atoms with E-state index in [-0.39, 0.29) is 19.6 Å². The largest absolute Gasteiger partial charge is 0.494 e. The van der Waals surface area contributed by atoms with E-state index in [4.69, 9.17) is 14.6 Å². The molecule has 8 nitrogen and oxygen atoms in total. The molecule has 0 spiro atoms. The molecular weight excluding hydrogens is 412 g/mol. The van der Waals surface area contributed by atoms with Gasteiger partial charge in [0.1, 0.15) is 23.9 Å². The Kier molecular flexibility index (Phi) is 9.07. The highest BCUT2D eigenvalue weighted by atomic mass is 16.6. The van der Waals surface area contributed by atoms with Crippen molar-refractivity contribution < 1.29 is 29.0 Å². The summed E-state index contributed by atoms with van der Waals surface area (Å²) < 4.78 is 11.3. The van der Waals surface area contributed by atoms with E-state index in [1.807, 2.05) is 48.5 Å². The number of para-hydroxylation sites is 1. The summed E-state index contributed by atoms with van der Waals surface area (Å²) in [6.07, 6.45) is -0.525. The van der Waals surface area contributed by atoms with Crippen molar-refractivity contribution in [2.24, 2.45) is 0 Å². The summed E-state index contributed by atoms with van der Waals surface area (Å²) in [4.78, 5) is 38.2. The quantitative estimate of drug-likeness (QED) is 0.584. The Labute approximate surface area is 188 Å². The molecule has 1 unspecified atom stereocenters. The van der Waals surface area contributed by atoms with Crippen molar-refractivity contribution in [2.75, 3.05) is 13.2 Å². The average Bonchev–Trinajstić information content (AvgIpc) is 2.74. The third kappa shape index (κ3) is 8.67. The van der Waals surface area contributed by atoms with Crippen LogP contribution >= 0.6 is 0 Å². The van der Waals surface area contributed by atoms with Gasteiger partial charge >= 0.3 is 12.1 Å². The molecule has 2 aromatic carbocycles. The van der Waals surface area contributed by atoms with E-state index in [0.29, 0.717) is 5.75 Å². The molecule has 0 radical (unpaired) electrons. The van der Waals surface area contributed by atoms with Crippen molar-refractivity contribution in [3.63, 3.8) is 0 Å². The summed E-state index contributed by atoms with van der Waals surface area (Å²) in [5.41, 5.74) is 0.0349. The molecule has 2 aromatic rings. The first kappa shape index (κ1) is 24.7. The van der Waals surface area contributed by atoms with Crippen LogP contribution in [0.15, 0.2) is 60.7 Å². The standard InChI is InChI=1S/C24H30N2O6/c1-24(2,3)32-23(30)26(17-18-10-6-4-7-11-18)20(22(29)25-16-21(27)28)14-15-31-19-12-8-5-9-13-19/h4-13,20H,14-17H2,1-3H3,(H,25,29)(H,27,28). The van der Waals surface area contributed by atoms with Gasteiger partial charge in [0, 0.05) is 13.0 Å². The number of nitrogens with zero attached hydrogens (tertiary/aromatic N) is 1. The number of hydrogen-bond donors (Lipinski definition) is 2. The number of aliphatic carboxylic acids is 1. The third-order valence-corrected chi connectivity index (χ3v) is 4.32. The van der Waals surface area contributed by atoms with Crippen LogP contribution in [-0.2, 0) is 20.9 Å². The van der Waals surface area contributed by atoms with E-state index >= 15 is 0 Å². The first-order valence-corrected chi connectivity index (χ1v) is 10.4. The molecule has 0 heterocycles. The van der Waals surface area contributed by atoms with E-state index in [0.717, 1.165) is 5.56 Å². The second-order valence-corrected chi connectivity index (χ2v) is 8.17. The van der Waals surface area contributed by atoms with Crippen LogP contribution in [0.4, 0.5) is 4.79 Å². The number of rotatable bonds is 10. The van der Waals surface area contributed by atoms with E-state index < -0.39 is 36.2 Å². The third-order valence-electron chi connectivity index (χ3n) is 4.32. The number of carboxylic acid groups (broad SMARTS) is 1. The highest BCUT2D eigenvalue weighted by molar-refractivity contribution is 5.88. The molecular formula is C24H30N2O6. The fraction of sp³-hybridized carbons (Fsp3) is 0.375. The van der Waals surface area contributed by atoms with Gasteiger partial charge in [0.15, 0.2) is 0 Å². The lowest BCUT2D eigenvalue weighted by Crippen LogP contribution is -2.51. The normalized spacial score (nSPS) is 11.8. The Balaban J connectivity index is 2.26. The van der Waals surface area contributed by atoms with Crippen molar-refractivity contribution in [1.29, 1.82) is 0 Å². The number of carbonyl (C=O) groups is 3. The van der Waals surface area contributed by atoms with Gasteiger partial charge in [-0.3, -0.25) is 14.5 Å². The molecule has 0 saturated carbocycles. The van der Waals surface area contributed by atoms with Crippen molar-refractivity contribution in [3.05, 3.63) is 66.2 Å². The number of nitrogens with one attached hydrogen (secondary N) is 1. The summed E-state index contributed by atoms with van der Waals surface area (Å²) in [6, 6.07) is 17.3. The van der Waals surface area contributed by atoms with Gasteiger partial charge in [-0.1, -0.05) is 48.5 Å². The number of carbonyl (C=O) groups excluding carboxylic acids is 2. The lowest BCUT2D eigenvalue weighted by Gasteiger charge is -2.33. The lowest BCUT2D eigenvalue weighted by atomic mass is 10.1. The van der Waals surface area contributed by atoms with Crippen molar-refractivity contribution in [2.45, 2.75) is 45.4 Å². The van der Waals surface area contributed by atoms with Gasteiger partial charge in [0.05, 0.1) is 6.61 Å². The number of carboxylic acids is 1. The number of ether oxygens (including phenoxy) is 2. The van der Waals surface area contributed by atoms with Gasteiger partial charge < -0.3 is 19.9 Å². The molecule has 0 aliphatic heterocycles. The van der Waals surface area contributed by atoms with Gasteiger partial charge in [0.25, 0.3) is 0 Å². The SMILES string of the molecule is CC(C)(C)OC(=O)N(Cc1ccccc1)C(CCOc1ccccc1)C(=O)NCC(=O)O. The fourth-order valence-corrected chi connectivity index (χ4v) is 2.92. The van der Waals surface area contributed by atoms with Crippen LogP contribution in [0.2, 0.25) is 0 Å². The van der Waals surface area contributed by atoms with Gasteiger partial charge in [-0.05, 0) is 38.5 Å². The van der Waals surface area contributed by atoms with E-state index in [9.17, 15) is 14.4 Å². The Hall–Kier alpha value is -3.55. The van der Waals surface area contributed by atoms with Crippen molar-refractivity contribution in [3.8, 4) is 5.75 Å². The number of amides is 2. The van der Waals surface area contributed by atoms with Crippen LogP contribution in [0.5, 0.6) is 5.75 Å². The van der Waals surface area contributed by atoms with E-state index in [1.54, 1.807) is 32.9 Å². The number of hydrogen-bond acceptors (Lipinski definition) is 5. The predicted octanol–water partition coefficient (Wildman–Crippen LogP) is 3.46. The molecule has 8 heteroatoms. The molecule has 2 rings (SSSR count). The number of benzene rings is 2. The molecule has 0 aromatic heterocycles. The maximum Gasteiger partial charge on any atom is 0.411 e. The fourth-order valence-electron chi connectivity index (χ4n) is 2.92. The monoisotopic (exact) mass is 442 g/mol. The molecule has 0 fully saturated rings. The summed E-state index contributed by atoms with van der Waals surface area (Å²) in [5, 5.41) is 11.3. The highest BCUT2D eigenvalue weighted by Gasteiger charge is 2.33. The average molecular weight is 443 g/mol. The minimum Gasteiger partial charge on any atom is -0.494 e. The zero-order chi connectivity index (χ0) is 23.6. The minimum atomic E-state index is -1.18. The summed E-state index contributed by atoms with van der Waals surface area (Å²) in [6.45, 7) is 4.93. The van der Waals surface area contributed by atoms with E-state index in [2.05, 4.69) is 5.32 Å². The van der Waals surface area contributed by atoms with Crippen LogP contribution in [-0.4, -0.2) is 52.8 Å². The van der Waals surface area contributed by atoms with Gasteiger partial charge in [-0.2, -0.15) is 0 Å². The van der Waals surface area contributed by atoms with Crippen molar-refractivity contribution >= 4 is 18.0 Å². The molecule has 0 aliphatic rings. The molecule has 1 atom stereocenters. The van der Waals surface area contributed by atoms with Crippen LogP contribution in [0.1, 0.15) is 32.8 Å². The van der Waals surface area contributed by atoms with Gasteiger partial charge in [0.2, 0.25) is 5.91 Å². The first-order chi connectivity index (χ1) is 15.2. The van der Waals surface area contributed by atoms with Crippen LogP contribution in [0.3, 0.4) is 0 Å². The predicted molar refractivity (Wildman–Crippen MR) is 119 cm³/mol. The van der Waals surface area contributed by atoms with Crippen LogP contribution < -0.4 is 10.1 Å².